The van der Waals surface area contributed by atoms with Crippen LogP contribution in [0.3, 0.4) is 0 Å². The van der Waals surface area contributed by atoms with Crippen LogP contribution in [0, 0.1) is 5.41 Å². The lowest BCUT2D eigenvalue weighted by Gasteiger charge is -2.46. The molecule has 3 nitrogen and oxygen atoms in total. The molecule has 0 aliphatic rings. The van der Waals surface area contributed by atoms with Gasteiger partial charge in [-0.25, -0.2) is 0 Å². The lowest BCUT2D eigenvalue weighted by Crippen LogP contribution is -2.49. The van der Waals surface area contributed by atoms with Crippen LogP contribution in [0.25, 0.3) is 0 Å². The summed E-state index contributed by atoms with van der Waals surface area (Å²) in [6.45, 7) is 7.90. The highest BCUT2D eigenvalue weighted by atomic mass is 32.2. The summed E-state index contributed by atoms with van der Waals surface area (Å²) in [5, 5.41) is 15.7. The van der Waals surface area contributed by atoms with Gasteiger partial charge in [-0.15, -0.1) is 5.16 Å². The molecule has 0 N–H and O–H groups in total. The van der Waals surface area contributed by atoms with Crippen molar-refractivity contribution < 1.29 is 9.94 Å². The average Bonchev–Trinajstić information content (AvgIpc) is 2.38. The Balaban J connectivity index is 3.17. The molecule has 106 valence electrons. The predicted octanol–water partition coefficient (Wildman–Crippen LogP) is 2.87. The zero-order valence-corrected chi connectivity index (χ0v) is 13.1. The highest BCUT2D eigenvalue weighted by molar-refractivity contribution is 8.15. The topological polar surface area (TPSA) is 44.7 Å². The minimum absolute atomic E-state index is 0.253. The molecule has 0 amide bonds. The van der Waals surface area contributed by atoms with Gasteiger partial charge in [-0.3, -0.25) is 0 Å². The third-order valence-corrected chi connectivity index (χ3v) is 6.44. The van der Waals surface area contributed by atoms with Crippen LogP contribution < -0.4 is 5.11 Å². The maximum absolute atomic E-state index is 12.1. The Morgan fingerprint density at radius 1 is 1.21 bits per heavy atom. The van der Waals surface area contributed by atoms with Crippen molar-refractivity contribution >= 4 is 22.3 Å². The molecular weight excluding hydrogens is 258 g/mol. The molecule has 1 aromatic rings. The van der Waals surface area contributed by atoms with E-state index in [9.17, 15) is 5.11 Å². The van der Waals surface area contributed by atoms with Gasteiger partial charge >= 0.3 is 0 Å². The fraction of sp³-hybridized carbons (Fsp3) is 0.467. The van der Waals surface area contributed by atoms with Gasteiger partial charge < -0.3 is 9.94 Å². The monoisotopic (exact) mass is 280 g/mol. The van der Waals surface area contributed by atoms with Gasteiger partial charge in [0, 0.05) is 21.0 Å². The molecule has 0 spiro atoms. The first kappa shape index (κ1) is 15.8. The Morgan fingerprint density at radius 3 is 2.21 bits per heavy atom. The van der Waals surface area contributed by atoms with E-state index in [2.05, 4.69) is 29.7 Å². The Bertz CT molecular complexity index is 478. The van der Waals surface area contributed by atoms with Crippen molar-refractivity contribution in [2.45, 2.75) is 37.3 Å². The van der Waals surface area contributed by atoms with Gasteiger partial charge in [0.15, 0.2) is 0 Å². The van der Waals surface area contributed by atoms with E-state index in [0.717, 1.165) is 4.90 Å². The lowest BCUT2D eigenvalue weighted by atomic mass is 9.80. The number of hydrogen-bond donors (Lipinski definition) is 0. The summed E-state index contributed by atoms with van der Waals surface area (Å²) < 4.78 is -0.326. The molecule has 0 saturated carbocycles. The van der Waals surface area contributed by atoms with Crippen molar-refractivity contribution in [2.24, 2.45) is 10.6 Å². The second kappa shape index (κ2) is 5.78. The molecule has 4 heteroatoms. The molecule has 1 unspecified atom stereocenters. The Morgan fingerprint density at radius 2 is 1.74 bits per heavy atom. The number of rotatable bonds is 5. The minimum atomic E-state index is -0.649. The molecular formula is C15H22NO2S-. The van der Waals surface area contributed by atoms with Crippen molar-refractivity contribution in [2.75, 3.05) is 7.11 Å². The lowest BCUT2D eigenvalue weighted by molar-refractivity contribution is -0.235. The van der Waals surface area contributed by atoms with Gasteiger partial charge in [-0.1, -0.05) is 37.9 Å². The maximum Gasteiger partial charge on any atom is 0.106 e. The fourth-order valence-electron chi connectivity index (χ4n) is 1.64. The molecule has 0 fully saturated rings. The average molecular weight is 280 g/mol. The summed E-state index contributed by atoms with van der Waals surface area (Å²) in [7, 11) is 1.07. The maximum atomic E-state index is 12.1. The quantitative estimate of drug-likeness (QED) is 0.360. The standard InChI is InChI=1S/C15H23NO2S/c1-14(2,13(17)16-18-5)15(3,4)19(6)12-10-8-7-9-11-12/h7-11H,6H2,1-5H3,(H,16,17)/p-1. The molecule has 19 heavy (non-hydrogen) atoms. The van der Waals surface area contributed by atoms with Crippen molar-refractivity contribution in [1.29, 1.82) is 0 Å². The van der Waals surface area contributed by atoms with Gasteiger partial charge in [-0.2, -0.15) is 10.5 Å². The van der Waals surface area contributed by atoms with E-state index in [4.69, 9.17) is 0 Å². The second-order valence-corrected chi connectivity index (χ2v) is 7.69. The number of nitrogens with zero attached hydrogens (tertiary/aromatic N) is 1. The van der Waals surface area contributed by atoms with Crippen LogP contribution in [0.15, 0.2) is 40.4 Å². The molecule has 0 heterocycles. The number of oxime groups is 1. The summed E-state index contributed by atoms with van der Waals surface area (Å²) in [5.41, 5.74) is -0.649. The van der Waals surface area contributed by atoms with Crippen LogP contribution >= 0.6 is 10.5 Å². The highest BCUT2D eigenvalue weighted by Gasteiger charge is 2.40. The first-order valence-electron chi connectivity index (χ1n) is 6.13. The van der Waals surface area contributed by atoms with Crippen molar-refractivity contribution in [3.8, 4) is 0 Å². The summed E-state index contributed by atoms with van der Waals surface area (Å²) in [6.07, 6.45) is 0. The van der Waals surface area contributed by atoms with Gasteiger partial charge in [0.2, 0.25) is 0 Å². The molecule has 1 aromatic carbocycles. The van der Waals surface area contributed by atoms with E-state index in [1.165, 1.54) is 7.11 Å². The molecule has 0 aromatic heterocycles. The SMILES string of the molecule is C=S(c1ccccc1)C(C)(C)C(C)(C)/C([O-])=N/OC. The van der Waals surface area contributed by atoms with Gasteiger partial charge in [0.05, 0.1) is 0 Å². The normalized spacial score (nSPS) is 15.1. The van der Waals surface area contributed by atoms with E-state index in [-0.39, 0.29) is 21.1 Å². The highest BCUT2D eigenvalue weighted by Crippen LogP contribution is 2.49. The van der Waals surface area contributed by atoms with E-state index in [0.29, 0.717) is 0 Å². The van der Waals surface area contributed by atoms with Crippen LogP contribution in [-0.2, 0) is 4.84 Å². The van der Waals surface area contributed by atoms with Crippen molar-refractivity contribution in [3.63, 3.8) is 0 Å². The Labute approximate surface area is 118 Å². The first-order valence-corrected chi connectivity index (χ1v) is 7.52. The summed E-state index contributed by atoms with van der Waals surface area (Å²) in [4.78, 5) is 5.77. The predicted molar refractivity (Wildman–Crippen MR) is 81.7 cm³/mol. The minimum Gasteiger partial charge on any atom is -0.859 e. The summed E-state index contributed by atoms with van der Waals surface area (Å²) in [5.74, 6) is 4.03. The van der Waals surface area contributed by atoms with Crippen LogP contribution in [-0.4, -0.2) is 23.6 Å². The van der Waals surface area contributed by atoms with Gasteiger partial charge in [0.1, 0.15) is 7.11 Å². The van der Waals surface area contributed by atoms with Crippen LogP contribution in [0.4, 0.5) is 0 Å². The smallest absolute Gasteiger partial charge is 0.106 e. The van der Waals surface area contributed by atoms with Gasteiger partial charge in [0.25, 0.3) is 0 Å². The molecule has 1 atom stereocenters. The van der Waals surface area contributed by atoms with Gasteiger partial charge in [-0.05, 0) is 26.0 Å². The number of benzene rings is 1. The molecule has 0 bridgehead atoms. The van der Waals surface area contributed by atoms with Crippen molar-refractivity contribution in [3.05, 3.63) is 30.3 Å². The summed E-state index contributed by atoms with van der Waals surface area (Å²) >= 11 is 0. The molecule has 0 saturated heterocycles. The third kappa shape index (κ3) is 3.00. The van der Waals surface area contributed by atoms with E-state index >= 15 is 0 Å². The van der Waals surface area contributed by atoms with E-state index in [1.807, 2.05) is 44.2 Å². The van der Waals surface area contributed by atoms with E-state index < -0.39 is 5.41 Å². The molecule has 1 rings (SSSR count). The van der Waals surface area contributed by atoms with Crippen LogP contribution in [0.1, 0.15) is 27.7 Å². The van der Waals surface area contributed by atoms with Crippen molar-refractivity contribution in [1.82, 2.24) is 0 Å². The zero-order chi connectivity index (χ0) is 14.7. The molecule has 0 aliphatic heterocycles. The summed E-state index contributed by atoms with van der Waals surface area (Å²) in [6, 6.07) is 10.1. The number of hydrogen-bond acceptors (Lipinski definition) is 3. The third-order valence-electron chi connectivity index (χ3n) is 3.86. The van der Waals surface area contributed by atoms with Crippen LogP contribution in [0.5, 0.6) is 0 Å². The molecule has 0 radical (unpaired) electrons. The Kier molecular flexibility index (Phi) is 4.80. The van der Waals surface area contributed by atoms with Crippen LogP contribution in [0.2, 0.25) is 0 Å². The zero-order valence-electron chi connectivity index (χ0n) is 12.3. The largest absolute Gasteiger partial charge is 0.859 e. The fourth-order valence-corrected chi connectivity index (χ4v) is 3.42. The molecule has 0 aliphatic carbocycles. The second-order valence-electron chi connectivity index (χ2n) is 5.42. The Hall–Kier alpha value is -1.29. The first-order chi connectivity index (χ1) is 8.75. The van der Waals surface area contributed by atoms with E-state index in [1.54, 1.807) is 0 Å².